The van der Waals surface area contributed by atoms with E-state index in [9.17, 15) is 39.5 Å². The maximum atomic E-state index is 11.0. The summed E-state index contributed by atoms with van der Waals surface area (Å²) >= 11 is 0. The van der Waals surface area contributed by atoms with Gasteiger partial charge in [0.25, 0.3) is 0 Å². The van der Waals surface area contributed by atoms with Crippen LogP contribution in [0.3, 0.4) is 0 Å². The summed E-state index contributed by atoms with van der Waals surface area (Å²) in [6, 6.07) is 0. The molecule has 0 aliphatic carbocycles. The van der Waals surface area contributed by atoms with Crippen molar-refractivity contribution in [2.24, 2.45) is 0 Å². The van der Waals surface area contributed by atoms with Crippen molar-refractivity contribution in [3.63, 3.8) is 0 Å². The van der Waals surface area contributed by atoms with Crippen LogP contribution in [0.1, 0.15) is 0 Å². The first-order valence-corrected chi connectivity index (χ1v) is 3.31. The largest absolute Gasteiger partial charge is 0.409 e. The highest BCUT2D eigenvalue weighted by atomic mass is 19.4. The molecule has 16 heavy (non-hydrogen) atoms. The summed E-state index contributed by atoms with van der Waals surface area (Å²) in [5.41, 5.74) is 0. The van der Waals surface area contributed by atoms with Crippen LogP contribution in [0.25, 0.3) is 0 Å². The molecule has 0 aliphatic rings. The van der Waals surface area contributed by atoms with Crippen molar-refractivity contribution in [1.29, 1.82) is 0 Å². The van der Waals surface area contributed by atoms with Gasteiger partial charge in [0.05, 0.1) is 0 Å². The number of allylic oxidation sites excluding steroid dienone is 3. The minimum Gasteiger partial charge on any atom is -0.167 e. The van der Waals surface area contributed by atoms with Crippen molar-refractivity contribution in [2.45, 2.75) is 18.5 Å². The van der Waals surface area contributed by atoms with Crippen LogP contribution in [0.15, 0.2) is 24.8 Å². The Morgan fingerprint density at radius 3 is 0.812 bits per heavy atom. The molecule has 0 aromatic heterocycles. The van der Waals surface area contributed by atoms with E-state index in [0.29, 0.717) is 0 Å². The van der Waals surface area contributed by atoms with Crippen molar-refractivity contribution in [2.75, 3.05) is 0 Å². The minimum absolute atomic E-state index is 0.0625. The second-order valence-corrected chi connectivity index (χ2v) is 2.16. The highest BCUT2D eigenvalue weighted by molar-refractivity contribution is 4.93. The van der Waals surface area contributed by atoms with Crippen molar-refractivity contribution in [1.82, 2.24) is 0 Å². The minimum atomic E-state index is -4.89. The molecule has 0 rings (SSSR count). The highest BCUT2D eigenvalue weighted by Gasteiger charge is 2.29. The van der Waals surface area contributed by atoms with Crippen LogP contribution < -0.4 is 0 Å². The molecular formula is C7H5F9. The summed E-state index contributed by atoms with van der Waals surface area (Å²) in [5, 5.41) is 0. The normalized spacial score (nSPS) is 13.3. The Hall–Kier alpha value is -1.15. The predicted molar refractivity (Wildman–Crippen MR) is 37.5 cm³/mol. The van der Waals surface area contributed by atoms with Crippen molar-refractivity contribution in [3.05, 3.63) is 24.8 Å². The molecule has 0 atom stereocenters. The van der Waals surface area contributed by atoms with Crippen molar-refractivity contribution in [3.8, 4) is 0 Å². The zero-order valence-electron chi connectivity index (χ0n) is 7.34. The molecule has 0 fully saturated rings. The molecule has 0 N–H and O–H groups in total. The van der Waals surface area contributed by atoms with Crippen LogP contribution in [0.4, 0.5) is 39.5 Å². The molecule has 0 radical (unpaired) electrons. The summed E-state index contributed by atoms with van der Waals surface area (Å²) in [4.78, 5) is 0. The molecule has 0 bridgehead atoms. The van der Waals surface area contributed by atoms with Gasteiger partial charge in [-0.05, 0) is 0 Å². The number of hydrogen-bond acceptors (Lipinski definition) is 0. The van der Waals surface area contributed by atoms with E-state index in [1.165, 1.54) is 0 Å². The third kappa shape index (κ3) is 23.0. The van der Waals surface area contributed by atoms with E-state index in [0.717, 1.165) is 0 Å². The van der Waals surface area contributed by atoms with Crippen LogP contribution in [-0.2, 0) is 0 Å². The smallest absolute Gasteiger partial charge is 0.167 e. The molecule has 0 heterocycles. The maximum Gasteiger partial charge on any atom is 0.409 e. The number of rotatable bonds is 0. The molecule has 0 nitrogen and oxygen atoms in total. The van der Waals surface area contributed by atoms with E-state index in [1.54, 1.807) is 0 Å². The second-order valence-electron chi connectivity index (χ2n) is 2.16. The van der Waals surface area contributed by atoms with Crippen molar-refractivity contribution >= 4 is 0 Å². The van der Waals surface area contributed by atoms with Gasteiger partial charge < -0.3 is 0 Å². The SMILES string of the molecule is C=CC(F)(F)F.FC(F)(F)/C=C/C(F)(F)F. The molecular weight excluding hydrogens is 255 g/mol. The van der Waals surface area contributed by atoms with E-state index in [1.807, 2.05) is 0 Å². The Morgan fingerprint density at radius 2 is 0.750 bits per heavy atom. The van der Waals surface area contributed by atoms with Crippen LogP contribution in [-0.4, -0.2) is 18.5 Å². The summed E-state index contributed by atoms with van der Waals surface area (Å²) in [6.07, 6.45) is -15.8. The lowest BCUT2D eigenvalue weighted by Gasteiger charge is -1.99. The van der Waals surface area contributed by atoms with Gasteiger partial charge >= 0.3 is 18.5 Å². The van der Waals surface area contributed by atoms with E-state index in [4.69, 9.17) is 0 Å². The molecule has 0 saturated heterocycles. The van der Waals surface area contributed by atoms with Crippen LogP contribution in [0.2, 0.25) is 0 Å². The fourth-order valence-corrected chi connectivity index (χ4v) is 0.189. The standard InChI is InChI=1S/C4H2F6.C3H3F3/c5-3(6,7)1-2-4(8,9)10;1-2-3(4,5)6/h1-2H;2H,1H2/b2-1+;. The first-order chi connectivity index (χ1) is 6.77. The zero-order valence-corrected chi connectivity index (χ0v) is 7.34. The molecule has 0 unspecified atom stereocenters. The molecule has 0 aromatic rings. The van der Waals surface area contributed by atoms with Crippen LogP contribution in [0, 0.1) is 0 Å². The Balaban J connectivity index is 0. The van der Waals surface area contributed by atoms with Gasteiger partial charge in [0.1, 0.15) is 0 Å². The van der Waals surface area contributed by atoms with E-state index >= 15 is 0 Å². The summed E-state index contributed by atoms with van der Waals surface area (Å²) in [7, 11) is 0. The predicted octanol–water partition coefficient (Wildman–Crippen LogP) is 4.40. The van der Waals surface area contributed by atoms with E-state index in [2.05, 4.69) is 6.58 Å². The Kier molecular flexibility index (Phi) is 6.26. The summed E-state index contributed by atoms with van der Waals surface area (Å²) in [5.74, 6) is 0. The molecule has 0 amide bonds. The Morgan fingerprint density at radius 1 is 0.562 bits per heavy atom. The number of hydrogen-bond donors (Lipinski definition) is 0. The van der Waals surface area contributed by atoms with Gasteiger partial charge in [-0.3, -0.25) is 0 Å². The van der Waals surface area contributed by atoms with Gasteiger partial charge in [-0.25, -0.2) is 0 Å². The molecule has 0 aliphatic heterocycles. The Labute approximate surface area is 84.0 Å². The lowest BCUT2D eigenvalue weighted by Crippen LogP contribution is -2.07. The lowest BCUT2D eigenvalue weighted by atomic mass is 10.5. The Bertz CT molecular complexity index is 210. The zero-order chi connectivity index (χ0) is 13.6. The van der Waals surface area contributed by atoms with E-state index in [-0.39, 0.29) is 6.08 Å². The fraction of sp³-hybridized carbons (Fsp3) is 0.429. The average molecular weight is 260 g/mol. The maximum absolute atomic E-state index is 11.0. The van der Waals surface area contributed by atoms with Crippen LogP contribution >= 0.6 is 0 Å². The monoisotopic (exact) mass is 260 g/mol. The van der Waals surface area contributed by atoms with Gasteiger partial charge in [-0.2, -0.15) is 39.5 Å². The highest BCUT2D eigenvalue weighted by Crippen LogP contribution is 2.22. The number of halogens is 9. The fourth-order valence-electron chi connectivity index (χ4n) is 0.189. The topological polar surface area (TPSA) is 0 Å². The van der Waals surface area contributed by atoms with Gasteiger partial charge in [0.15, 0.2) is 0 Å². The first kappa shape index (κ1) is 17.3. The second kappa shape index (κ2) is 5.80. The summed E-state index contributed by atoms with van der Waals surface area (Å²) < 4.78 is 98.0. The molecule has 0 saturated carbocycles. The molecule has 0 aromatic carbocycles. The van der Waals surface area contributed by atoms with Gasteiger partial charge in [-0.1, -0.05) is 6.58 Å². The lowest BCUT2D eigenvalue weighted by molar-refractivity contribution is -0.0981. The third-order valence-corrected chi connectivity index (χ3v) is 0.693. The summed E-state index contributed by atoms with van der Waals surface area (Å²) in [6.45, 7) is 2.51. The number of alkyl halides is 9. The molecule has 96 valence electrons. The molecule has 9 heteroatoms. The average Bonchev–Trinajstić information content (AvgIpc) is 1.98. The quantitative estimate of drug-likeness (QED) is 0.447. The van der Waals surface area contributed by atoms with Crippen LogP contribution in [0.5, 0.6) is 0 Å². The van der Waals surface area contributed by atoms with Crippen molar-refractivity contribution < 1.29 is 39.5 Å². The first-order valence-electron chi connectivity index (χ1n) is 3.31. The van der Waals surface area contributed by atoms with Gasteiger partial charge in [0.2, 0.25) is 0 Å². The van der Waals surface area contributed by atoms with Gasteiger partial charge in [-0.15, -0.1) is 0 Å². The molecule has 0 spiro atoms. The van der Waals surface area contributed by atoms with Gasteiger partial charge in [0, 0.05) is 18.2 Å². The van der Waals surface area contributed by atoms with E-state index < -0.39 is 30.7 Å². The third-order valence-electron chi connectivity index (χ3n) is 0.693.